The van der Waals surface area contributed by atoms with E-state index in [0.717, 1.165) is 0 Å². The smallest absolute Gasteiger partial charge is 0.353 e. The molecule has 0 aromatic carbocycles. The van der Waals surface area contributed by atoms with Crippen LogP contribution in [0, 0.1) is 0 Å². The third-order valence-electron chi connectivity index (χ3n) is 1.37. The van der Waals surface area contributed by atoms with Gasteiger partial charge in [-0.05, 0) is 21.0 Å². The molecule has 0 aliphatic carbocycles. The van der Waals surface area contributed by atoms with Crippen molar-refractivity contribution in [2.45, 2.75) is 13.0 Å². The molecule has 1 aromatic rings. The molecule has 0 amide bonds. The summed E-state index contributed by atoms with van der Waals surface area (Å²) in [6.45, 7) is 2.35. The van der Waals surface area contributed by atoms with Crippen LogP contribution in [0.5, 0.6) is 0 Å². The van der Waals surface area contributed by atoms with Crippen LogP contribution in [0.15, 0.2) is 18.6 Å². The van der Waals surface area contributed by atoms with Crippen molar-refractivity contribution in [2.24, 2.45) is 0 Å². The molecule has 7 nitrogen and oxygen atoms in total. The first-order valence-electron chi connectivity index (χ1n) is 4.05. The van der Waals surface area contributed by atoms with Gasteiger partial charge in [0.2, 0.25) is 0 Å². The van der Waals surface area contributed by atoms with E-state index in [1.54, 1.807) is 6.92 Å². The Morgan fingerprint density at radius 1 is 1.36 bits per heavy atom. The van der Waals surface area contributed by atoms with Gasteiger partial charge in [-0.25, -0.2) is 9.59 Å². The fourth-order valence-electron chi connectivity index (χ4n) is 0.966. The Balaban J connectivity index is 2.60. The highest BCUT2D eigenvalue weighted by Gasteiger charge is 2.10. The van der Waals surface area contributed by atoms with Crippen LogP contribution in [0.3, 0.4) is 0 Å². The normalized spacial score (nSPS) is 13.1. The first kappa shape index (κ1) is 10.6. The Bertz CT molecular complexity index is 360. The van der Waals surface area contributed by atoms with E-state index in [2.05, 4.69) is 9.05 Å². The highest BCUT2D eigenvalue weighted by atomic mass is 17.0. The van der Waals surface area contributed by atoms with Gasteiger partial charge in [-0.1, -0.05) is 0 Å². The highest BCUT2D eigenvalue weighted by molar-refractivity contribution is 4.56. The number of rotatable bonds is 4. The monoisotopic (exact) mass is 204 g/mol. The van der Waals surface area contributed by atoms with Crippen LogP contribution in [0.4, 0.5) is 0 Å². The summed E-state index contributed by atoms with van der Waals surface area (Å²) in [6.07, 6.45) is -0.260. The van der Waals surface area contributed by atoms with Crippen LogP contribution in [-0.2, 0) is 0 Å². The molecule has 0 saturated heterocycles. The molecular weight excluding hydrogens is 192 g/mol. The minimum atomic E-state index is -1.08. The van der Waals surface area contributed by atoms with Crippen LogP contribution < -0.4 is 16.1 Å². The number of nitrogens with zero attached hydrogens (tertiary/aromatic N) is 2. The summed E-state index contributed by atoms with van der Waals surface area (Å²) in [5.41, 5.74) is -2.16. The largest absolute Gasteiger partial charge is 0.449 e. The van der Waals surface area contributed by atoms with Gasteiger partial charge >= 0.3 is 11.3 Å². The van der Waals surface area contributed by atoms with Crippen LogP contribution in [0.2, 0.25) is 0 Å². The highest BCUT2D eigenvalue weighted by Crippen LogP contribution is 1.88. The minimum Gasteiger partial charge on any atom is -0.353 e. The predicted octanol–water partition coefficient (Wildman–Crippen LogP) is -1.23. The number of hydrogen-bond acceptors (Lipinski definition) is 6. The molecule has 0 saturated carbocycles. The first-order valence-corrected chi connectivity index (χ1v) is 4.05. The average molecular weight is 204 g/mol. The summed E-state index contributed by atoms with van der Waals surface area (Å²) in [7, 11) is 3.73. The predicted molar refractivity (Wildman–Crippen MR) is 46.1 cm³/mol. The molecule has 1 atom stereocenters. The van der Waals surface area contributed by atoms with E-state index in [0.29, 0.717) is 11.6 Å². The van der Waals surface area contributed by atoms with E-state index in [9.17, 15) is 9.59 Å². The first-order chi connectivity index (χ1) is 6.49. The van der Waals surface area contributed by atoms with Gasteiger partial charge in [-0.2, -0.15) is 0 Å². The summed E-state index contributed by atoms with van der Waals surface area (Å²) < 4.78 is 8.62. The molecule has 0 aliphatic heterocycles. The zero-order valence-corrected chi connectivity index (χ0v) is 8.22. The van der Waals surface area contributed by atoms with E-state index in [1.165, 1.54) is 0 Å². The van der Waals surface area contributed by atoms with Crippen LogP contribution in [0.1, 0.15) is 6.92 Å². The topological polar surface area (TPSA) is 77.8 Å². The number of hydrogen-bond donors (Lipinski definition) is 0. The summed E-state index contributed by atoms with van der Waals surface area (Å²) in [5.74, 6) is 0. The maximum absolute atomic E-state index is 10.6. The van der Waals surface area contributed by atoms with Crippen molar-refractivity contribution in [1.82, 2.24) is 9.98 Å². The van der Waals surface area contributed by atoms with Gasteiger partial charge in [0, 0.05) is 6.54 Å². The van der Waals surface area contributed by atoms with E-state index in [4.69, 9.17) is 4.84 Å². The molecule has 1 aromatic heterocycles. The second kappa shape index (κ2) is 4.14. The molecule has 0 bridgehead atoms. The van der Waals surface area contributed by atoms with E-state index < -0.39 is 11.3 Å². The molecule has 0 fully saturated rings. The molecule has 1 heterocycles. The van der Waals surface area contributed by atoms with Crippen molar-refractivity contribution in [2.75, 3.05) is 20.6 Å². The maximum Gasteiger partial charge on any atom is 0.449 e. The zero-order valence-electron chi connectivity index (χ0n) is 8.22. The zero-order chi connectivity index (χ0) is 10.7. The lowest BCUT2D eigenvalue weighted by Gasteiger charge is -2.15. The SMILES string of the molecule is CC(CN(C)C)On1oc(=O)c(=O)o1. The van der Waals surface area contributed by atoms with Gasteiger partial charge in [0.1, 0.15) is 11.2 Å². The molecule has 0 aliphatic rings. The molecule has 7 heteroatoms. The molecule has 1 rings (SSSR count). The Morgan fingerprint density at radius 2 is 1.86 bits per heavy atom. The fraction of sp³-hybridized carbons (Fsp3) is 0.714. The second-order valence-corrected chi connectivity index (χ2v) is 3.16. The lowest BCUT2D eigenvalue weighted by Crippen LogP contribution is -2.32. The average Bonchev–Trinajstić information content (AvgIpc) is 2.28. The Morgan fingerprint density at radius 3 is 2.29 bits per heavy atom. The molecule has 80 valence electrons. The van der Waals surface area contributed by atoms with Gasteiger partial charge in [-0.15, -0.1) is 0 Å². The van der Waals surface area contributed by atoms with Crippen molar-refractivity contribution in [1.29, 1.82) is 0 Å². The summed E-state index contributed by atoms with van der Waals surface area (Å²) in [6, 6.07) is 0. The van der Waals surface area contributed by atoms with Crippen molar-refractivity contribution in [3.8, 4) is 0 Å². The van der Waals surface area contributed by atoms with Crippen LogP contribution >= 0.6 is 0 Å². The lowest BCUT2D eigenvalue weighted by molar-refractivity contribution is -0.172. The van der Waals surface area contributed by atoms with Gasteiger partial charge in [0.15, 0.2) is 0 Å². The van der Waals surface area contributed by atoms with E-state index in [-0.39, 0.29) is 6.10 Å². The Hall–Kier alpha value is -1.50. The maximum atomic E-state index is 10.6. The lowest BCUT2D eigenvalue weighted by atomic mass is 10.4. The quantitative estimate of drug-likeness (QED) is 0.572. The third kappa shape index (κ3) is 2.77. The van der Waals surface area contributed by atoms with Gasteiger partial charge < -0.3 is 9.74 Å². The van der Waals surface area contributed by atoms with Crippen molar-refractivity contribution < 1.29 is 13.9 Å². The molecule has 0 spiro atoms. The van der Waals surface area contributed by atoms with E-state index >= 15 is 0 Å². The standard InChI is InChI=1S/C7H12N2O5/c1-5(4-8(2)3)12-9-13-6(10)7(11)14-9/h5H,4H2,1-3H3. The second-order valence-electron chi connectivity index (χ2n) is 3.16. The molecular formula is C7H12N2O5. The Labute approximate surface area is 79.3 Å². The van der Waals surface area contributed by atoms with Crippen molar-refractivity contribution in [3.05, 3.63) is 20.8 Å². The van der Waals surface area contributed by atoms with Gasteiger partial charge in [0.25, 0.3) is 0 Å². The number of likely N-dealkylation sites (N-methyl/N-ethyl adjacent to an activating group) is 1. The summed E-state index contributed by atoms with van der Waals surface area (Å²) >= 11 is 0. The fourth-order valence-corrected chi connectivity index (χ4v) is 0.966. The van der Waals surface area contributed by atoms with Crippen LogP contribution in [0.25, 0.3) is 0 Å². The van der Waals surface area contributed by atoms with Gasteiger partial charge in [-0.3, -0.25) is 9.05 Å². The van der Waals surface area contributed by atoms with Crippen molar-refractivity contribution >= 4 is 0 Å². The molecule has 0 N–H and O–H groups in total. The van der Waals surface area contributed by atoms with Crippen LogP contribution in [-0.4, -0.2) is 36.7 Å². The molecule has 1 unspecified atom stereocenters. The summed E-state index contributed by atoms with van der Waals surface area (Å²) in [4.78, 5) is 28.0. The molecule has 14 heavy (non-hydrogen) atoms. The summed E-state index contributed by atoms with van der Waals surface area (Å²) in [5, 5.41) is 0.429. The minimum absolute atomic E-state index is 0.260. The van der Waals surface area contributed by atoms with Gasteiger partial charge in [0.05, 0.1) is 0 Å². The number of aromatic nitrogens is 1. The Kier molecular flexibility index (Phi) is 3.13. The van der Waals surface area contributed by atoms with Crippen molar-refractivity contribution in [3.63, 3.8) is 0 Å². The third-order valence-corrected chi connectivity index (χ3v) is 1.37. The van der Waals surface area contributed by atoms with E-state index in [1.807, 2.05) is 19.0 Å². The molecule has 0 radical (unpaired) electrons.